The van der Waals surface area contributed by atoms with E-state index in [4.69, 9.17) is 14.2 Å². The summed E-state index contributed by atoms with van der Waals surface area (Å²) in [5.41, 5.74) is -3.57. The first-order valence-corrected chi connectivity index (χ1v) is 14.3. The molecule has 0 bridgehead atoms. The summed E-state index contributed by atoms with van der Waals surface area (Å²) in [6, 6.07) is 4.42. The molecule has 0 spiro atoms. The highest BCUT2D eigenvalue weighted by molar-refractivity contribution is 6.31. The molecular weight excluding hydrogens is 560 g/mol. The van der Waals surface area contributed by atoms with Gasteiger partial charge in [-0.2, -0.15) is 0 Å². The van der Waals surface area contributed by atoms with Gasteiger partial charge in [-0.15, -0.1) is 0 Å². The van der Waals surface area contributed by atoms with Crippen LogP contribution in [0, 0.1) is 11.3 Å². The molecule has 1 saturated heterocycles. The van der Waals surface area contributed by atoms with E-state index in [2.05, 4.69) is 0 Å². The molecule has 0 amide bonds. The van der Waals surface area contributed by atoms with Crippen LogP contribution in [0.15, 0.2) is 18.2 Å². The highest BCUT2D eigenvalue weighted by Crippen LogP contribution is 2.52. The molecule has 0 radical (unpaired) electrons. The van der Waals surface area contributed by atoms with Gasteiger partial charge in [-0.25, -0.2) is 0 Å². The number of fused-ring (bicyclic) bond motifs is 3. The molecule has 232 valence electrons. The number of hydrogen-bond donors (Lipinski definition) is 5. The number of Topliss-reactive ketones (excluding diaryl/α,β-unsaturated/α-hetero) is 1. The molecule has 11 nitrogen and oxygen atoms in total. The summed E-state index contributed by atoms with van der Waals surface area (Å²) in [4.78, 5) is 40.2. The normalized spacial score (nSPS) is 28.6. The first kappa shape index (κ1) is 31.1. The minimum Gasteiger partial charge on any atom is -0.507 e. The molecule has 2 aliphatic carbocycles. The van der Waals surface area contributed by atoms with Crippen LogP contribution in [0.1, 0.15) is 96.0 Å². The van der Waals surface area contributed by atoms with Crippen LogP contribution < -0.4 is 4.74 Å². The molecule has 2 aromatic rings. The third kappa shape index (κ3) is 5.23. The SMILES string of the molecule is COc1cccc2c1C(=O)c1c(O)c3c(c(O)c1C2=O)C[C@@](O)(C(=O)CO)C[C@@H]3O[C@@H]1C[C@H](CC(C)(C)C)[C@H](O)[C@H](C)O1. The maximum absolute atomic E-state index is 13.8. The van der Waals surface area contributed by atoms with Crippen molar-refractivity contribution < 1.29 is 54.1 Å². The number of carbonyl (C=O) groups is 3. The van der Waals surface area contributed by atoms with Crippen molar-refractivity contribution in [3.8, 4) is 17.2 Å². The monoisotopic (exact) mass is 598 g/mol. The molecule has 1 fully saturated rings. The van der Waals surface area contributed by atoms with Crippen molar-refractivity contribution in [2.75, 3.05) is 13.7 Å². The van der Waals surface area contributed by atoms with Crippen molar-refractivity contribution in [1.82, 2.24) is 0 Å². The van der Waals surface area contributed by atoms with Gasteiger partial charge < -0.3 is 39.7 Å². The van der Waals surface area contributed by atoms with Gasteiger partial charge in [0.05, 0.1) is 42.1 Å². The third-order valence-electron chi connectivity index (χ3n) is 8.75. The lowest BCUT2D eigenvalue weighted by Crippen LogP contribution is -2.49. The first-order valence-electron chi connectivity index (χ1n) is 14.3. The van der Waals surface area contributed by atoms with Crippen LogP contribution in [0.3, 0.4) is 0 Å². The Hall–Kier alpha value is -3.35. The van der Waals surface area contributed by atoms with E-state index in [0.29, 0.717) is 6.42 Å². The van der Waals surface area contributed by atoms with Gasteiger partial charge in [-0.05, 0) is 30.7 Å². The van der Waals surface area contributed by atoms with Crippen molar-refractivity contribution in [3.05, 3.63) is 51.6 Å². The maximum Gasteiger partial charge on any atom is 0.202 e. The van der Waals surface area contributed by atoms with Gasteiger partial charge in [0.25, 0.3) is 0 Å². The Balaban J connectivity index is 1.64. The van der Waals surface area contributed by atoms with E-state index in [9.17, 15) is 39.9 Å². The Kier molecular flexibility index (Phi) is 7.94. The van der Waals surface area contributed by atoms with Crippen LogP contribution in [-0.4, -0.2) is 80.7 Å². The van der Waals surface area contributed by atoms with Gasteiger partial charge >= 0.3 is 0 Å². The standard InChI is InChI=1S/C32H38O11/c1-14-26(35)15(10-31(2,3)4)9-21(42-14)43-19-12-32(40,20(34)13-33)11-17-23(19)30(39)25-24(28(17)37)27(36)16-7-6-8-18(41-5)22(16)29(25)38/h6-8,14-15,19,21,26,33,35,37,39-40H,9-13H2,1-5H3/t14-,15+,19-,21+,26+,32-/m0/s1. The second-order valence-electron chi connectivity index (χ2n) is 13.0. The lowest BCUT2D eigenvalue weighted by Gasteiger charge is -2.43. The molecule has 3 aliphatic rings. The fourth-order valence-corrected chi connectivity index (χ4v) is 6.80. The number of methoxy groups -OCH3 is 1. The average molecular weight is 599 g/mol. The summed E-state index contributed by atoms with van der Waals surface area (Å²) in [7, 11) is 1.34. The molecule has 5 rings (SSSR count). The Morgan fingerprint density at radius 2 is 1.77 bits per heavy atom. The number of benzene rings is 2. The Morgan fingerprint density at radius 1 is 1.09 bits per heavy atom. The summed E-state index contributed by atoms with van der Waals surface area (Å²) in [6.07, 6.45) is -3.73. The summed E-state index contributed by atoms with van der Waals surface area (Å²) in [5.74, 6) is -3.85. The molecule has 0 saturated carbocycles. The largest absolute Gasteiger partial charge is 0.507 e. The number of aliphatic hydroxyl groups excluding tert-OH is 2. The van der Waals surface area contributed by atoms with E-state index in [-0.39, 0.29) is 45.8 Å². The molecule has 0 aromatic heterocycles. The Bertz CT molecular complexity index is 1490. The van der Waals surface area contributed by atoms with E-state index in [1.54, 1.807) is 6.92 Å². The van der Waals surface area contributed by atoms with Crippen LogP contribution in [0.5, 0.6) is 17.2 Å². The number of hydrogen-bond acceptors (Lipinski definition) is 11. The number of aromatic hydroxyl groups is 2. The Labute approximate surface area is 249 Å². The predicted molar refractivity (Wildman–Crippen MR) is 151 cm³/mol. The third-order valence-corrected chi connectivity index (χ3v) is 8.75. The average Bonchev–Trinajstić information content (AvgIpc) is 2.94. The highest BCUT2D eigenvalue weighted by Gasteiger charge is 2.50. The number of aliphatic hydroxyl groups is 3. The number of ether oxygens (including phenoxy) is 3. The summed E-state index contributed by atoms with van der Waals surface area (Å²) in [6.45, 7) is 6.83. The van der Waals surface area contributed by atoms with Crippen molar-refractivity contribution in [3.63, 3.8) is 0 Å². The topological polar surface area (TPSA) is 180 Å². The fourth-order valence-electron chi connectivity index (χ4n) is 6.80. The van der Waals surface area contributed by atoms with Gasteiger partial charge in [0.1, 0.15) is 29.5 Å². The molecule has 11 heteroatoms. The van der Waals surface area contributed by atoms with Gasteiger partial charge in [-0.3, -0.25) is 14.4 Å². The molecule has 5 N–H and O–H groups in total. The minimum absolute atomic E-state index is 0.0372. The summed E-state index contributed by atoms with van der Waals surface area (Å²) in [5, 5.41) is 55.0. The highest BCUT2D eigenvalue weighted by atomic mass is 16.7. The summed E-state index contributed by atoms with van der Waals surface area (Å²) < 4.78 is 17.5. The number of phenolic OH excluding ortho intramolecular Hbond substituents is 2. The second-order valence-corrected chi connectivity index (χ2v) is 13.0. The van der Waals surface area contributed by atoms with Crippen LogP contribution >= 0.6 is 0 Å². The fraction of sp³-hybridized carbons (Fsp3) is 0.531. The molecule has 43 heavy (non-hydrogen) atoms. The van der Waals surface area contributed by atoms with Crippen molar-refractivity contribution >= 4 is 17.3 Å². The van der Waals surface area contributed by atoms with E-state index in [1.807, 2.05) is 20.8 Å². The smallest absolute Gasteiger partial charge is 0.202 e. The van der Waals surface area contributed by atoms with E-state index in [1.165, 1.54) is 25.3 Å². The van der Waals surface area contributed by atoms with Gasteiger partial charge in [0, 0.05) is 36.0 Å². The van der Waals surface area contributed by atoms with Crippen LogP contribution in [-0.2, 0) is 20.7 Å². The second kappa shape index (κ2) is 11.0. The van der Waals surface area contributed by atoms with Crippen molar-refractivity contribution in [2.45, 2.75) is 83.6 Å². The van der Waals surface area contributed by atoms with Crippen molar-refractivity contribution in [1.29, 1.82) is 0 Å². The molecule has 6 atom stereocenters. The number of ketones is 3. The lowest BCUT2D eigenvalue weighted by atomic mass is 9.72. The molecule has 2 aromatic carbocycles. The summed E-state index contributed by atoms with van der Waals surface area (Å²) >= 11 is 0. The van der Waals surface area contributed by atoms with Crippen LogP contribution in [0.4, 0.5) is 0 Å². The van der Waals surface area contributed by atoms with Gasteiger partial charge in [0.15, 0.2) is 17.9 Å². The molecule has 1 heterocycles. The van der Waals surface area contributed by atoms with E-state index in [0.717, 1.165) is 0 Å². The lowest BCUT2D eigenvalue weighted by molar-refractivity contribution is -0.259. The zero-order chi connectivity index (χ0) is 31.6. The Morgan fingerprint density at radius 3 is 2.40 bits per heavy atom. The van der Waals surface area contributed by atoms with E-state index < -0.39 is 89.6 Å². The number of phenols is 2. The van der Waals surface area contributed by atoms with Crippen molar-refractivity contribution in [2.24, 2.45) is 11.3 Å². The number of carbonyl (C=O) groups excluding carboxylic acids is 3. The predicted octanol–water partition coefficient (Wildman–Crippen LogP) is 2.73. The maximum atomic E-state index is 13.8. The molecular formula is C32H38O11. The van der Waals surface area contributed by atoms with E-state index >= 15 is 0 Å². The van der Waals surface area contributed by atoms with Gasteiger partial charge in [-0.1, -0.05) is 32.9 Å². The van der Waals surface area contributed by atoms with Crippen LogP contribution in [0.25, 0.3) is 0 Å². The zero-order valence-corrected chi connectivity index (χ0v) is 24.8. The minimum atomic E-state index is -2.22. The quantitative estimate of drug-likeness (QED) is 0.263. The molecule has 1 aliphatic heterocycles. The number of rotatable bonds is 6. The van der Waals surface area contributed by atoms with Crippen LogP contribution in [0.2, 0.25) is 0 Å². The molecule has 0 unspecified atom stereocenters. The first-order chi connectivity index (χ1) is 20.1. The zero-order valence-electron chi connectivity index (χ0n) is 24.8. The van der Waals surface area contributed by atoms with Gasteiger partial charge in [0.2, 0.25) is 5.78 Å².